The summed E-state index contributed by atoms with van der Waals surface area (Å²) in [5.41, 5.74) is 1.11. The molecule has 4 heterocycles. The van der Waals surface area contributed by atoms with Crippen LogP contribution in [0.2, 0.25) is 0 Å². The second-order valence-corrected chi connectivity index (χ2v) is 7.82. The number of pyridine rings is 1. The van der Waals surface area contributed by atoms with Gasteiger partial charge in [-0.1, -0.05) is 6.08 Å². The lowest BCUT2D eigenvalue weighted by molar-refractivity contribution is -0.131. The van der Waals surface area contributed by atoms with Crippen molar-refractivity contribution in [3.8, 4) is 0 Å². The normalized spacial score (nSPS) is 30.4. The standard InChI is InChI=1S/C21H27N5O2/c1-14-5-7-22-17(10-14)24-18-11-16-6-8-26(2)21(27)19(16)20(25-18)23-12-15-4-3-9-28-13-15/h5-8,10,15-16,19H,3-4,9,11-13H2,1-2H3,(H,22,23,24,25). The zero-order valence-corrected chi connectivity index (χ0v) is 16.5. The van der Waals surface area contributed by atoms with Crippen LogP contribution in [0.3, 0.4) is 0 Å². The Hall–Kier alpha value is -2.54. The summed E-state index contributed by atoms with van der Waals surface area (Å²) in [7, 11) is 1.79. The predicted molar refractivity (Wildman–Crippen MR) is 109 cm³/mol. The molecule has 4 rings (SSSR count). The number of hydrogen-bond donors (Lipinski definition) is 1. The summed E-state index contributed by atoms with van der Waals surface area (Å²) in [5, 5.41) is 3.35. The van der Waals surface area contributed by atoms with Crippen LogP contribution in [0.5, 0.6) is 0 Å². The van der Waals surface area contributed by atoms with E-state index >= 15 is 0 Å². The third-order valence-corrected chi connectivity index (χ3v) is 5.52. The largest absolute Gasteiger partial charge is 0.381 e. The van der Waals surface area contributed by atoms with Gasteiger partial charge in [0.25, 0.3) is 0 Å². The SMILES string of the molecule is Cc1ccnc(N=C2CC3C=CN(C)C(=O)C3C(=NCC3CCCOC3)N2)c1. The van der Waals surface area contributed by atoms with Gasteiger partial charge in [0.2, 0.25) is 5.91 Å². The molecule has 0 saturated carbocycles. The number of aliphatic imine (C=N–C) groups is 2. The average molecular weight is 381 g/mol. The van der Waals surface area contributed by atoms with Crippen molar-refractivity contribution in [3.63, 3.8) is 0 Å². The molecule has 28 heavy (non-hydrogen) atoms. The van der Waals surface area contributed by atoms with Crippen molar-refractivity contribution in [1.82, 2.24) is 15.2 Å². The van der Waals surface area contributed by atoms with E-state index in [1.54, 1.807) is 18.1 Å². The topological polar surface area (TPSA) is 79.2 Å². The second-order valence-electron chi connectivity index (χ2n) is 7.82. The fraction of sp³-hybridized carbons (Fsp3) is 0.524. The fourth-order valence-corrected chi connectivity index (χ4v) is 3.94. The molecule has 0 bridgehead atoms. The number of amidine groups is 2. The monoisotopic (exact) mass is 381 g/mol. The maximum Gasteiger partial charge on any atom is 0.237 e. The minimum Gasteiger partial charge on any atom is -0.381 e. The molecular formula is C21H27N5O2. The van der Waals surface area contributed by atoms with E-state index in [9.17, 15) is 4.79 Å². The van der Waals surface area contributed by atoms with Crippen molar-refractivity contribution in [2.45, 2.75) is 26.2 Å². The van der Waals surface area contributed by atoms with Gasteiger partial charge in [0, 0.05) is 50.9 Å². The molecule has 1 aromatic rings. The number of carbonyl (C=O) groups is 1. The Morgan fingerprint density at radius 1 is 1.43 bits per heavy atom. The average Bonchev–Trinajstić information content (AvgIpc) is 2.70. The summed E-state index contributed by atoms with van der Waals surface area (Å²) in [5.74, 6) is 2.47. The van der Waals surface area contributed by atoms with Crippen LogP contribution in [0.25, 0.3) is 0 Å². The molecule has 3 atom stereocenters. The third kappa shape index (κ3) is 4.14. The molecule has 0 aliphatic carbocycles. The van der Waals surface area contributed by atoms with Crippen LogP contribution in [-0.4, -0.2) is 54.3 Å². The van der Waals surface area contributed by atoms with Crippen molar-refractivity contribution in [1.29, 1.82) is 0 Å². The van der Waals surface area contributed by atoms with Gasteiger partial charge in [-0.05, 0) is 37.5 Å². The Balaban J connectivity index is 1.60. The van der Waals surface area contributed by atoms with E-state index in [2.05, 4.69) is 21.4 Å². The Bertz CT molecular complexity index is 826. The number of aromatic nitrogens is 1. The van der Waals surface area contributed by atoms with E-state index in [1.165, 1.54) is 0 Å². The zero-order valence-electron chi connectivity index (χ0n) is 16.5. The van der Waals surface area contributed by atoms with E-state index in [0.717, 1.165) is 43.3 Å². The summed E-state index contributed by atoms with van der Waals surface area (Å²) in [4.78, 5) is 28.3. The number of rotatable bonds is 3. The van der Waals surface area contributed by atoms with Crippen LogP contribution in [0, 0.1) is 24.7 Å². The van der Waals surface area contributed by atoms with E-state index in [-0.39, 0.29) is 17.7 Å². The van der Waals surface area contributed by atoms with E-state index in [0.29, 0.717) is 24.7 Å². The third-order valence-electron chi connectivity index (χ3n) is 5.52. The maximum atomic E-state index is 12.8. The highest BCUT2D eigenvalue weighted by Gasteiger charge is 2.40. The molecule has 1 N–H and O–H groups in total. The molecule has 3 aliphatic heterocycles. The zero-order chi connectivity index (χ0) is 19.5. The van der Waals surface area contributed by atoms with Crippen LogP contribution in [0.15, 0.2) is 40.6 Å². The van der Waals surface area contributed by atoms with Gasteiger partial charge in [0.05, 0.1) is 6.61 Å². The maximum absolute atomic E-state index is 12.8. The summed E-state index contributed by atoms with van der Waals surface area (Å²) in [6.07, 6.45) is 8.56. The number of hydrogen-bond acceptors (Lipinski definition) is 5. The molecule has 7 heteroatoms. The number of piperidine rings is 1. The van der Waals surface area contributed by atoms with Gasteiger partial charge < -0.3 is 15.0 Å². The van der Waals surface area contributed by atoms with E-state index in [1.807, 2.05) is 25.3 Å². The van der Waals surface area contributed by atoms with E-state index in [4.69, 9.17) is 9.73 Å². The van der Waals surface area contributed by atoms with E-state index < -0.39 is 0 Å². The van der Waals surface area contributed by atoms with Crippen molar-refractivity contribution in [2.75, 3.05) is 26.8 Å². The quantitative estimate of drug-likeness (QED) is 0.872. The minimum atomic E-state index is -0.274. The Morgan fingerprint density at radius 3 is 3.11 bits per heavy atom. The smallest absolute Gasteiger partial charge is 0.237 e. The molecule has 7 nitrogen and oxygen atoms in total. The molecule has 2 fully saturated rings. The van der Waals surface area contributed by atoms with Gasteiger partial charge in [-0.2, -0.15) is 0 Å². The van der Waals surface area contributed by atoms with Crippen LogP contribution < -0.4 is 5.32 Å². The molecule has 3 unspecified atom stereocenters. The van der Waals surface area contributed by atoms with Gasteiger partial charge in [0.1, 0.15) is 17.6 Å². The molecule has 0 aromatic carbocycles. The molecule has 148 valence electrons. The first-order valence-electron chi connectivity index (χ1n) is 9.94. The minimum absolute atomic E-state index is 0.0647. The summed E-state index contributed by atoms with van der Waals surface area (Å²) >= 11 is 0. The molecule has 0 spiro atoms. The number of nitrogens with zero attached hydrogens (tertiary/aromatic N) is 4. The highest BCUT2D eigenvalue weighted by atomic mass is 16.5. The second kappa shape index (κ2) is 8.22. The van der Waals surface area contributed by atoms with Gasteiger partial charge in [-0.3, -0.25) is 9.79 Å². The lowest BCUT2D eigenvalue weighted by Crippen LogP contribution is -2.53. The van der Waals surface area contributed by atoms with Gasteiger partial charge in [0.15, 0.2) is 5.82 Å². The highest BCUT2D eigenvalue weighted by Crippen LogP contribution is 2.30. The molecule has 2 saturated heterocycles. The van der Waals surface area contributed by atoms with Gasteiger partial charge in [-0.15, -0.1) is 0 Å². The molecular weight excluding hydrogens is 354 g/mol. The molecule has 1 amide bonds. The first-order chi connectivity index (χ1) is 13.6. The number of aryl methyl sites for hydroxylation is 1. The number of ether oxygens (including phenoxy) is 1. The lowest BCUT2D eigenvalue weighted by atomic mass is 9.82. The molecule has 3 aliphatic rings. The number of allylic oxidation sites excluding steroid dienone is 1. The lowest BCUT2D eigenvalue weighted by Gasteiger charge is -2.36. The van der Waals surface area contributed by atoms with Crippen molar-refractivity contribution in [2.24, 2.45) is 27.7 Å². The van der Waals surface area contributed by atoms with Crippen molar-refractivity contribution in [3.05, 3.63) is 36.2 Å². The predicted octanol–water partition coefficient (Wildman–Crippen LogP) is 2.46. The van der Waals surface area contributed by atoms with Gasteiger partial charge in [-0.25, -0.2) is 9.98 Å². The summed E-state index contributed by atoms with van der Waals surface area (Å²) < 4.78 is 5.57. The van der Waals surface area contributed by atoms with Crippen LogP contribution in [-0.2, 0) is 9.53 Å². The number of fused-ring (bicyclic) bond motifs is 1. The molecule has 0 radical (unpaired) electrons. The first kappa shape index (κ1) is 18.8. The van der Waals surface area contributed by atoms with Gasteiger partial charge >= 0.3 is 0 Å². The number of nitrogens with one attached hydrogen (secondary N) is 1. The summed E-state index contributed by atoms with van der Waals surface area (Å²) in [6.45, 7) is 4.27. The first-order valence-corrected chi connectivity index (χ1v) is 9.94. The van der Waals surface area contributed by atoms with Crippen LogP contribution in [0.1, 0.15) is 24.8 Å². The fourth-order valence-electron chi connectivity index (χ4n) is 3.94. The Kier molecular flexibility index (Phi) is 5.52. The van der Waals surface area contributed by atoms with Crippen molar-refractivity contribution >= 4 is 23.4 Å². The number of amides is 1. The van der Waals surface area contributed by atoms with Crippen molar-refractivity contribution < 1.29 is 9.53 Å². The van der Waals surface area contributed by atoms with Crippen LogP contribution in [0.4, 0.5) is 5.82 Å². The van der Waals surface area contributed by atoms with Crippen LogP contribution >= 0.6 is 0 Å². The highest BCUT2D eigenvalue weighted by molar-refractivity contribution is 6.14. The Morgan fingerprint density at radius 2 is 2.32 bits per heavy atom. The Labute approximate surface area is 165 Å². The number of carbonyl (C=O) groups excluding carboxylic acids is 1. The summed E-state index contributed by atoms with van der Waals surface area (Å²) in [6, 6.07) is 3.90. The molecule has 1 aromatic heterocycles.